The largest absolute Gasteiger partial charge is 0.326 e. The number of nitro groups is 1. The van der Waals surface area contributed by atoms with Gasteiger partial charge >= 0.3 is 0 Å². The summed E-state index contributed by atoms with van der Waals surface area (Å²) in [6.45, 7) is 1.28. The smallest absolute Gasteiger partial charge is 0.281 e. The highest BCUT2D eigenvalue weighted by Gasteiger charge is 2.19. The van der Waals surface area contributed by atoms with Gasteiger partial charge in [-0.3, -0.25) is 19.7 Å². The number of hydrogen-bond donors (Lipinski definition) is 1. The van der Waals surface area contributed by atoms with E-state index in [0.717, 1.165) is 12.1 Å². The standard InChI is InChI=1S/C9H7ClN2O4/c1-5(13)11-6-2-3-8(12(15)16)7(4-6)9(10)14/h2-4H,1H3,(H,11,13). The molecule has 84 valence electrons. The van der Waals surface area contributed by atoms with Crippen molar-refractivity contribution in [1.82, 2.24) is 0 Å². The predicted molar refractivity (Wildman–Crippen MR) is 57.6 cm³/mol. The third-order valence-electron chi connectivity index (χ3n) is 1.73. The molecule has 0 unspecified atom stereocenters. The molecular formula is C9H7ClN2O4. The Morgan fingerprint density at radius 1 is 1.44 bits per heavy atom. The second-order valence-corrected chi connectivity index (χ2v) is 3.29. The van der Waals surface area contributed by atoms with Crippen LogP contribution >= 0.6 is 11.6 Å². The number of carbonyl (C=O) groups is 2. The van der Waals surface area contributed by atoms with E-state index < -0.39 is 15.9 Å². The van der Waals surface area contributed by atoms with E-state index in [1.165, 1.54) is 13.0 Å². The zero-order chi connectivity index (χ0) is 12.3. The number of amides is 1. The van der Waals surface area contributed by atoms with Crippen molar-refractivity contribution in [2.75, 3.05) is 5.32 Å². The van der Waals surface area contributed by atoms with Crippen LogP contribution in [0.4, 0.5) is 11.4 Å². The van der Waals surface area contributed by atoms with E-state index in [4.69, 9.17) is 11.6 Å². The highest BCUT2D eigenvalue weighted by molar-refractivity contribution is 6.68. The summed E-state index contributed by atoms with van der Waals surface area (Å²) in [6, 6.07) is 3.60. The lowest BCUT2D eigenvalue weighted by Crippen LogP contribution is -2.07. The Hall–Kier alpha value is -1.95. The first-order valence-corrected chi connectivity index (χ1v) is 4.55. The number of hydrogen-bond acceptors (Lipinski definition) is 4. The minimum absolute atomic E-state index is 0.252. The Balaban J connectivity index is 3.22. The third kappa shape index (κ3) is 2.77. The summed E-state index contributed by atoms with van der Waals surface area (Å²) in [5.74, 6) is -0.346. The third-order valence-corrected chi connectivity index (χ3v) is 1.93. The van der Waals surface area contributed by atoms with Crippen LogP contribution in [-0.4, -0.2) is 16.1 Å². The number of benzene rings is 1. The van der Waals surface area contributed by atoms with Gasteiger partial charge in [0, 0.05) is 18.7 Å². The molecule has 1 aromatic rings. The van der Waals surface area contributed by atoms with Crippen LogP contribution < -0.4 is 5.32 Å². The van der Waals surface area contributed by atoms with E-state index >= 15 is 0 Å². The topological polar surface area (TPSA) is 89.3 Å². The van der Waals surface area contributed by atoms with Crippen molar-refractivity contribution in [2.24, 2.45) is 0 Å². The maximum absolute atomic E-state index is 11.0. The van der Waals surface area contributed by atoms with Crippen LogP contribution in [0, 0.1) is 10.1 Å². The minimum atomic E-state index is -0.945. The van der Waals surface area contributed by atoms with Gasteiger partial charge in [-0.15, -0.1) is 0 Å². The fourth-order valence-corrected chi connectivity index (χ4v) is 1.29. The Bertz CT molecular complexity index is 473. The molecule has 0 aliphatic heterocycles. The molecule has 0 atom stereocenters. The summed E-state index contributed by atoms with van der Waals surface area (Å²) in [7, 11) is 0. The zero-order valence-corrected chi connectivity index (χ0v) is 8.95. The van der Waals surface area contributed by atoms with Gasteiger partial charge in [-0.25, -0.2) is 0 Å². The van der Waals surface area contributed by atoms with Crippen LogP contribution in [0.25, 0.3) is 0 Å². The first kappa shape index (κ1) is 12.1. The van der Waals surface area contributed by atoms with Gasteiger partial charge in [0.15, 0.2) is 0 Å². The van der Waals surface area contributed by atoms with Crippen LogP contribution in [0.1, 0.15) is 17.3 Å². The molecule has 0 bridgehead atoms. The maximum Gasteiger partial charge on any atom is 0.281 e. The summed E-state index contributed by atoms with van der Waals surface area (Å²) in [5.41, 5.74) is -0.367. The average Bonchev–Trinajstić information content (AvgIpc) is 2.16. The van der Waals surface area contributed by atoms with E-state index in [1.54, 1.807) is 0 Å². The molecule has 1 aromatic carbocycles. The highest BCUT2D eigenvalue weighted by atomic mass is 35.5. The first-order valence-electron chi connectivity index (χ1n) is 4.17. The summed E-state index contributed by atoms with van der Waals surface area (Å²) < 4.78 is 0. The molecule has 7 heteroatoms. The fraction of sp³-hybridized carbons (Fsp3) is 0.111. The molecule has 6 nitrogen and oxygen atoms in total. The van der Waals surface area contributed by atoms with Crippen LogP contribution in [0.15, 0.2) is 18.2 Å². The Morgan fingerprint density at radius 3 is 2.50 bits per heavy atom. The van der Waals surface area contributed by atoms with E-state index in [0.29, 0.717) is 0 Å². The van der Waals surface area contributed by atoms with Crippen molar-refractivity contribution < 1.29 is 14.5 Å². The van der Waals surface area contributed by atoms with Gasteiger partial charge in [0.2, 0.25) is 5.91 Å². The summed E-state index contributed by atoms with van der Waals surface area (Å²) >= 11 is 5.20. The maximum atomic E-state index is 11.0. The lowest BCUT2D eigenvalue weighted by molar-refractivity contribution is -0.385. The molecule has 1 amide bonds. The Kier molecular flexibility index (Phi) is 3.57. The van der Waals surface area contributed by atoms with E-state index in [1.807, 2.05) is 0 Å². The fourth-order valence-electron chi connectivity index (χ4n) is 1.13. The van der Waals surface area contributed by atoms with Gasteiger partial charge in [-0.05, 0) is 23.7 Å². The number of anilines is 1. The Morgan fingerprint density at radius 2 is 2.06 bits per heavy atom. The van der Waals surface area contributed by atoms with E-state index in [9.17, 15) is 19.7 Å². The molecule has 1 N–H and O–H groups in total. The summed E-state index contributed by atoms with van der Waals surface area (Å²) in [5, 5.41) is 12.0. The van der Waals surface area contributed by atoms with E-state index in [2.05, 4.69) is 5.32 Å². The number of halogens is 1. The number of nitrogens with one attached hydrogen (secondary N) is 1. The molecule has 0 spiro atoms. The SMILES string of the molecule is CC(=O)Nc1ccc([N+](=O)[O-])c(C(=O)Cl)c1. The van der Waals surface area contributed by atoms with Gasteiger partial charge in [0.25, 0.3) is 10.9 Å². The summed E-state index contributed by atoms with van der Waals surface area (Å²) in [6.07, 6.45) is 0. The number of nitrogens with zero attached hydrogens (tertiary/aromatic N) is 1. The van der Waals surface area contributed by atoms with Gasteiger partial charge in [0.05, 0.1) is 4.92 Å². The molecule has 1 rings (SSSR count). The van der Waals surface area contributed by atoms with Crippen LogP contribution in [-0.2, 0) is 4.79 Å². The quantitative estimate of drug-likeness (QED) is 0.498. The average molecular weight is 243 g/mol. The van der Waals surface area contributed by atoms with Crippen molar-refractivity contribution >= 4 is 34.1 Å². The second kappa shape index (κ2) is 4.71. The molecule has 0 saturated carbocycles. The van der Waals surface area contributed by atoms with Crippen molar-refractivity contribution in [1.29, 1.82) is 0 Å². The number of rotatable bonds is 3. The van der Waals surface area contributed by atoms with Crippen molar-refractivity contribution in [2.45, 2.75) is 6.92 Å². The van der Waals surface area contributed by atoms with Gasteiger partial charge in [-0.2, -0.15) is 0 Å². The normalized spacial score (nSPS) is 9.62. The van der Waals surface area contributed by atoms with Crippen LogP contribution in [0.2, 0.25) is 0 Å². The molecule has 0 aliphatic rings. The number of carbonyl (C=O) groups excluding carboxylic acids is 2. The van der Waals surface area contributed by atoms with Gasteiger partial charge in [0.1, 0.15) is 5.56 Å². The van der Waals surface area contributed by atoms with Crippen molar-refractivity contribution in [3.05, 3.63) is 33.9 Å². The minimum Gasteiger partial charge on any atom is -0.326 e. The van der Waals surface area contributed by atoms with Gasteiger partial charge in [-0.1, -0.05) is 0 Å². The molecule has 16 heavy (non-hydrogen) atoms. The molecule has 0 aliphatic carbocycles. The lowest BCUT2D eigenvalue weighted by Gasteiger charge is -2.03. The zero-order valence-electron chi connectivity index (χ0n) is 8.19. The van der Waals surface area contributed by atoms with Gasteiger partial charge < -0.3 is 5.32 Å². The summed E-state index contributed by atoms with van der Waals surface area (Å²) in [4.78, 5) is 31.6. The monoisotopic (exact) mass is 242 g/mol. The molecule has 0 saturated heterocycles. The highest BCUT2D eigenvalue weighted by Crippen LogP contribution is 2.24. The number of nitro benzene ring substituents is 1. The van der Waals surface area contributed by atoms with Crippen LogP contribution in [0.5, 0.6) is 0 Å². The lowest BCUT2D eigenvalue weighted by atomic mass is 10.1. The first-order chi connectivity index (χ1) is 7.41. The Labute approximate surface area is 95.4 Å². The molecule has 0 fully saturated rings. The van der Waals surface area contributed by atoms with E-state index in [-0.39, 0.29) is 17.2 Å². The predicted octanol–water partition coefficient (Wildman–Crippen LogP) is 1.93. The molecule has 0 radical (unpaired) electrons. The molecule has 0 aromatic heterocycles. The second-order valence-electron chi connectivity index (χ2n) is 2.94. The van der Waals surface area contributed by atoms with Crippen molar-refractivity contribution in [3.8, 4) is 0 Å². The molecular weight excluding hydrogens is 236 g/mol. The molecule has 0 heterocycles. The van der Waals surface area contributed by atoms with Crippen LogP contribution in [0.3, 0.4) is 0 Å². The van der Waals surface area contributed by atoms with Crippen molar-refractivity contribution in [3.63, 3.8) is 0 Å².